The Morgan fingerprint density at radius 1 is 1.11 bits per heavy atom. The molecule has 1 N–H and O–H groups in total. The number of nitrogens with one attached hydrogen (secondary N) is 1. The monoisotopic (exact) mass is 518 g/mol. The van der Waals surface area contributed by atoms with Crippen molar-refractivity contribution in [2.75, 3.05) is 17.2 Å². The number of benzene rings is 2. The first kappa shape index (κ1) is 27.0. The lowest BCUT2D eigenvalue weighted by Gasteiger charge is -2.25. The van der Waals surface area contributed by atoms with E-state index in [0.717, 1.165) is 28.1 Å². The summed E-state index contributed by atoms with van der Waals surface area (Å²) >= 11 is 1.62. The summed E-state index contributed by atoms with van der Waals surface area (Å²) in [5, 5.41) is 8.07. The van der Waals surface area contributed by atoms with Gasteiger partial charge in [-0.3, -0.25) is 14.5 Å². The first-order chi connectivity index (χ1) is 17.4. The van der Waals surface area contributed by atoms with Gasteiger partial charge in [-0.15, -0.1) is 11.8 Å². The third-order valence-corrected chi connectivity index (χ3v) is 7.84. The SMILES string of the molecule is Cc1ccc(-n2nc(C(C)(C)C)c3c2N(CC(=O)NC(C)C)C(=O)CS[C@@H]3c2ccccc2C)c(C)c1. The second-order valence-electron chi connectivity index (χ2n) is 11.3. The number of aryl methyl sites for hydroxylation is 3. The Morgan fingerprint density at radius 2 is 1.81 bits per heavy atom. The van der Waals surface area contributed by atoms with Crippen molar-refractivity contribution in [3.8, 4) is 5.69 Å². The van der Waals surface area contributed by atoms with Crippen LogP contribution in [0.4, 0.5) is 5.82 Å². The van der Waals surface area contributed by atoms with Crippen LogP contribution in [0.5, 0.6) is 0 Å². The van der Waals surface area contributed by atoms with Crippen LogP contribution in [-0.4, -0.2) is 39.9 Å². The lowest BCUT2D eigenvalue weighted by atomic mass is 9.86. The summed E-state index contributed by atoms with van der Waals surface area (Å²) in [5.41, 5.74) is 7.14. The third-order valence-electron chi connectivity index (χ3n) is 6.60. The highest BCUT2D eigenvalue weighted by Gasteiger charge is 2.40. The maximum atomic E-state index is 13.7. The maximum absolute atomic E-state index is 13.7. The number of thioether (sulfide) groups is 1. The first-order valence-electron chi connectivity index (χ1n) is 12.9. The topological polar surface area (TPSA) is 67.2 Å². The molecule has 37 heavy (non-hydrogen) atoms. The molecule has 1 aromatic heterocycles. The largest absolute Gasteiger partial charge is 0.352 e. The van der Waals surface area contributed by atoms with E-state index < -0.39 is 0 Å². The molecule has 0 spiro atoms. The summed E-state index contributed by atoms with van der Waals surface area (Å²) in [6.45, 7) is 16.5. The van der Waals surface area contributed by atoms with Gasteiger partial charge in [-0.1, -0.05) is 62.7 Å². The molecule has 0 radical (unpaired) electrons. The molecule has 0 aliphatic carbocycles. The molecule has 3 aromatic rings. The minimum absolute atomic E-state index is 0.0162. The Hall–Kier alpha value is -3.06. The molecule has 7 heteroatoms. The van der Waals surface area contributed by atoms with Crippen LogP contribution in [0.3, 0.4) is 0 Å². The molecule has 1 aliphatic rings. The van der Waals surface area contributed by atoms with Crippen LogP contribution in [0.2, 0.25) is 0 Å². The maximum Gasteiger partial charge on any atom is 0.240 e. The highest BCUT2D eigenvalue weighted by Crippen LogP contribution is 2.49. The van der Waals surface area contributed by atoms with Gasteiger partial charge >= 0.3 is 0 Å². The van der Waals surface area contributed by atoms with Crippen LogP contribution in [0.25, 0.3) is 5.69 Å². The van der Waals surface area contributed by atoms with Gasteiger partial charge in [0.05, 0.1) is 22.4 Å². The minimum atomic E-state index is -0.283. The van der Waals surface area contributed by atoms with Gasteiger partial charge in [-0.05, 0) is 57.4 Å². The molecule has 2 aromatic carbocycles. The van der Waals surface area contributed by atoms with Gasteiger partial charge in [0.2, 0.25) is 11.8 Å². The fourth-order valence-electron chi connectivity index (χ4n) is 4.92. The molecular weight excluding hydrogens is 480 g/mol. The molecule has 0 saturated heterocycles. The Balaban J connectivity index is 2.06. The zero-order valence-corrected chi connectivity index (χ0v) is 24.0. The number of aromatic nitrogens is 2. The zero-order chi connectivity index (χ0) is 27.1. The Bertz CT molecular complexity index is 1340. The number of rotatable bonds is 5. The standard InChI is InChI=1S/C30H38N4O2S/c1-18(2)31-24(35)16-33-25(36)17-37-27(22-12-10-9-11-20(22)4)26-28(30(6,7)8)32-34(29(26)33)23-14-13-19(3)15-21(23)5/h9-15,18,27H,16-17H2,1-8H3,(H,31,35)/t27-/m1/s1. The molecule has 1 atom stereocenters. The summed E-state index contributed by atoms with van der Waals surface area (Å²) in [5.74, 6) is 0.699. The quantitative estimate of drug-likeness (QED) is 0.464. The minimum Gasteiger partial charge on any atom is -0.352 e. The average molecular weight is 519 g/mol. The Kier molecular flexibility index (Phi) is 7.56. The average Bonchev–Trinajstić information content (AvgIpc) is 3.12. The van der Waals surface area contributed by atoms with E-state index in [2.05, 4.69) is 83.3 Å². The fraction of sp³-hybridized carbons (Fsp3) is 0.433. The summed E-state index contributed by atoms with van der Waals surface area (Å²) < 4.78 is 1.91. The van der Waals surface area contributed by atoms with Crippen molar-refractivity contribution in [1.29, 1.82) is 0 Å². The second kappa shape index (κ2) is 10.4. The molecule has 0 saturated carbocycles. The van der Waals surface area contributed by atoms with Gasteiger partial charge in [0.15, 0.2) is 0 Å². The predicted molar refractivity (Wildman–Crippen MR) is 153 cm³/mol. The van der Waals surface area contributed by atoms with Crippen LogP contribution in [0.15, 0.2) is 42.5 Å². The Morgan fingerprint density at radius 3 is 2.43 bits per heavy atom. The van der Waals surface area contributed by atoms with Crippen molar-refractivity contribution in [3.05, 3.63) is 76.0 Å². The van der Waals surface area contributed by atoms with Gasteiger partial charge in [0.25, 0.3) is 0 Å². The van der Waals surface area contributed by atoms with Crippen molar-refractivity contribution in [3.63, 3.8) is 0 Å². The normalized spacial score (nSPS) is 16.1. The van der Waals surface area contributed by atoms with E-state index in [-0.39, 0.29) is 40.8 Å². The van der Waals surface area contributed by atoms with E-state index in [1.165, 1.54) is 11.1 Å². The van der Waals surface area contributed by atoms with Crippen molar-refractivity contribution in [2.24, 2.45) is 0 Å². The van der Waals surface area contributed by atoms with Crippen LogP contribution in [0.1, 0.15) is 73.4 Å². The highest BCUT2D eigenvalue weighted by molar-refractivity contribution is 8.00. The van der Waals surface area contributed by atoms with E-state index in [1.807, 2.05) is 24.6 Å². The molecule has 0 fully saturated rings. The summed E-state index contributed by atoms with van der Waals surface area (Å²) in [4.78, 5) is 28.4. The third kappa shape index (κ3) is 5.47. The number of fused-ring (bicyclic) bond motifs is 1. The van der Waals surface area contributed by atoms with Crippen molar-refractivity contribution in [1.82, 2.24) is 15.1 Å². The number of nitrogens with zero attached hydrogens (tertiary/aromatic N) is 3. The molecule has 0 bridgehead atoms. The predicted octanol–water partition coefficient (Wildman–Crippen LogP) is 5.79. The molecule has 2 heterocycles. The summed E-state index contributed by atoms with van der Waals surface area (Å²) in [6, 6.07) is 14.6. The number of carbonyl (C=O) groups is 2. The molecule has 4 rings (SSSR count). The number of amides is 2. The number of anilines is 1. The van der Waals surface area contributed by atoms with E-state index in [9.17, 15) is 9.59 Å². The molecule has 2 amide bonds. The van der Waals surface area contributed by atoms with Gasteiger partial charge in [-0.25, -0.2) is 4.68 Å². The lowest BCUT2D eigenvalue weighted by Crippen LogP contribution is -2.44. The van der Waals surface area contributed by atoms with Crippen molar-refractivity contribution in [2.45, 2.75) is 72.1 Å². The number of hydrogen-bond donors (Lipinski definition) is 1. The first-order valence-corrected chi connectivity index (χ1v) is 13.9. The molecular formula is C30H38N4O2S. The van der Waals surface area contributed by atoms with Crippen LogP contribution in [-0.2, 0) is 15.0 Å². The summed E-state index contributed by atoms with van der Waals surface area (Å²) in [7, 11) is 0. The highest BCUT2D eigenvalue weighted by atomic mass is 32.2. The number of carbonyl (C=O) groups excluding carboxylic acids is 2. The molecule has 196 valence electrons. The van der Waals surface area contributed by atoms with E-state index in [0.29, 0.717) is 5.82 Å². The molecule has 1 aliphatic heterocycles. The van der Waals surface area contributed by atoms with Gasteiger partial charge in [0.1, 0.15) is 12.4 Å². The van der Waals surface area contributed by atoms with E-state index in [1.54, 1.807) is 16.7 Å². The van der Waals surface area contributed by atoms with Gasteiger partial charge in [0, 0.05) is 17.0 Å². The van der Waals surface area contributed by atoms with E-state index >= 15 is 0 Å². The van der Waals surface area contributed by atoms with Crippen molar-refractivity contribution < 1.29 is 9.59 Å². The van der Waals surface area contributed by atoms with Crippen molar-refractivity contribution >= 4 is 29.4 Å². The second-order valence-corrected chi connectivity index (χ2v) is 12.4. The molecule has 6 nitrogen and oxygen atoms in total. The smallest absolute Gasteiger partial charge is 0.240 e. The zero-order valence-electron chi connectivity index (χ0n) is 23.2. The van der Waals surface area contributed by atoms with Crippen LogP contribution >= 0.6 is 11.8 Å². The van der Waals surface area contributed by atoms with Gasteiger partial charge in [-0.2, -0.15) is 5.10 Å². The molecule has 0 unspecified atom stereocenters. The lowest BCUT2D eigenvalue weighted by molar-refractivity contribution is -0.123. The van der Waals surface area contributed by atoms with Crippen LogP contribution in [0, 0.1) is 20.8 Å². The number of hydrogen-bond acceptors (Lipinski definition) is 4. The summed E-state index contributed by atoms with van der Waals surface area (Å²) in [6.07, 6.45) is 0. The van der Waals surface area contributed by atoms with E-state index in [4.69, 9.17) is 5.10 Å². The van der Waals surface area contributed by atoms with Gasteiger partial charge < -0.3 is 5.32 Å². The fourth-order valence-corrected chi connectivity index (χ4v) is 6.21. The Labute approximate surface area is 224 Å². The van der Waals surface area contributed by atoms with Crippen LogP contribution < -0.4 is 10.2 Å².